The number of hydrogen-bond acceptors (Lipinski definition) is 3. The number of nitrogens with zero attached hydrogens (tertiary/aromatic N) is 4. The average molecular weight is 326 g/mol. The van der Waals surface area contributed by atoms with Crippen LogP contribution in [0.4, 0.5) is 0 Å². The average Bonchev–Trinajstić information content (AvgIpc) is 2.95. The van der Waals surface area contributed by atoms with Crippen molar-refractivity contribution in [2.45, 2.75) is 32.9 Å². The number of rotatable bonds is 6. The molecule has 104 valence electrons. The van der Waals surface area contributed by atoms with E-state index in [4.69, 9.17) is 0 Å². The highest BCUT2D eigenvalue weighted by Gasteiger charge is 2.22. The number of aryl methyl sites for hydroxylation is 2. The normalized spacial score (nSPS) is 12.8. The van der Waals surface area contributed by atoms with Gasteiger partial charge in [-0.25, -0.2) is 4.98 Å². The quantitative estimate of drug-likeness (QED) is 0.887. The molecule has 6 heteroatoms. The van der Waals surface area contributed by atoms with E-state index in [1.54, 1.807) is 0 Å². The minimum Gasteiger partial charge on any atom is -0.340 e. The van der Waals surface area contributed by atoms with Gasteiger partial charge in [-0.3, -0.25) is 4.68 Å². The van der Waals surface area contributed by atoms with E-state index in [1.165, 1.54) is 0 Å². The lowest BCUT2D eigenvalue weighted by Gasteiger charge is -2.18. The Morgan fingerprint density at radius 2 is 2.21 bits per heavy atom. The highest BCUT2D eigenvalue weighted by molar-refractivity contribution is 9.10. The molecule has 1 unspecified atom stereocenters. The van der Waals surface area contributed by atoms with Crippen molar-refractivity contribution in [2.75, 3.05) is 6.54 Å². The molecular formula is C13H20BrN5. The van der Waals surface area contributed by atoms with Crippen LogP contribution < -0.4 is 5.32 Å². The first-order chi connectivity index (χ1) is 9.17. The molecule has 0 bridgehead atoms. The molecule has 2 heterocycles. The van der Waals surface area contributed by atoms with Crippen molar-refractivity contribution in [1.82, 2.24) is 24.6 Å². The molecule has 0 aliphatic rings. The minimum absolute atomic E-state index is 0.0645. The summed E-state index contributed by atoms with van der Waals surface area (Å²) in [4.78, 5) is 4.47. The van der Waals surface area contributed by atoms with Gasteiger partial charge in [0.1, 0.15) is 0 Å². The molecule has 0 aromatic carbocycles. The summed E-state index contributed by atoms with van der Waals surface area (Å²) in [5.41, 5.74) is 2.16. The van der Waals surface area contributed by atoms with Gasteiger partial charge in [0.25, 0.3) is 0 Å². The smallest absolute Gasteiger partial charge is 0.0948 e. The number of hydrogen-bond donors (Lipinski definition) is 1. The molecule has 2 aromatic rings. The van der Waals surface area contributed by atoms with Crippen LogP contribution >= 0.6 is 15.9 Å². The van der Waals surface area contributed by atoms with Crippen LogP contribution in [0.1, 0.15) is 37.7 Å². The summed E-state index contributed by atoms with van der Waals surface area (Å²) in [5, 5.41) is 7.92. The molecule has 0 radical (unpaired) electrons. The lowest BCUT2D eigenvalue weighted by Crippen LogP contribution is -2.25. The first-order valence-electron chi connectivity index (χ1n) is 6.59. The number of imidazole rings is 1. The highest BCUT2D eigenvalue weighted by atomic mass is 79.9. The van der Waals surface area contributed by atoms with Crippen LogP contribution in [-0.2, 0) is 13.6 Å². The maximum Gasteiger partial charge on any atom is 0.0948 e. The molecule has 2 aromatic heterocycles. The van der Waals surface area contributed by atoms with E-state index < -0.39 is 0 Å². The van der Waals surface area contributed by atoms with E-state index in [2.05, 4.69) is 45.2 Å². The Morgan fingerprint density at radius 3 is 2.79 bits per heavy atom. The topological polar surface area (TPSA) is 47.7 Å². The van der Waals surface area contributed by atoms with E-state index in [1.807, 2.05) is 35.0 Å². The lowest BCUT2D eigenvalue weighted by molar-refractivity contribution is 0.514. The summed E-state index contributed by atoms with van der Waals surface area (Å²) in [6.45, 7) is 6.05. The molecule has 0 saturated heterocycles. The van der Waals surface area contributed by atoms with E-state index in [9.17, 15) is 0 Å². The summed E-state index contributed by atoms with van der Waals surface area (Å²) in [6.07, 6.45) is 6.79. The van der Waals surface area contributed by atoms with Crippen LogP contribution in [0.15, 0.2) is 23.2 Å². The maximum atomic E-state index is 4.47. The maximum absolute atomic E-state index is 4.47. The van der Waals surface area contributed by atoms with Gasteiger partial charge in [0, 0.05) is 19.8 Å². The van der Waals surface area contributed by atoms with Crippen molar-refractivity contribution in [3.05, 3.63) is 34.6 Å². The second-order valence-corrected chi connectivity index (χ2v) is 5.41. The van der Waals surface area contributed by atoms with Gasteiger partial charge >= 0.3 is 0 Å². The monoisotopic (exact) mass is 325 g/mol. The van der Waals surface area contributed by atoms with Crippen LogP contribution in [0.3, 0.4) is 0 Å². The Hall–Kier alpha value is -1.14. The third-order valence-electron chi connectivity index (χ3n) is 2.97. The van der Waals surface area contributed by atoms with Crippen LogP contribution in [0.2, 0.25) is 0 Å². The van der Waals surface area contributed by atoms with Gasteiger partial charge in [0.05, 0.1) is 34.4 Å². The first kappa shape index (κ1) is 14.3. The summed E-state index contributed by atoms with van der Waals surface area (Å²) in [6, 6.07) is 0.0645. The molecule has 5 nitrogen and oxygen atoms in total. The molecule has 0 fully saturated rings. The molecule has 1 atom stereocenters. The standard InChI is InChI=1S/C13H20BrN5/c1-4-6-19-13(10(14)7-17-19)12(15-5-2)11-8-18(3)9-16-11/h7-9,12,15H,4-6H2,1-3H3. The Morgan fingerprint density at radius 1 is 1.42 bits per heavy atom. The summed E-state index contributed by atoms with van der Waals surface area (Å²) in [5.74, 6) is 0. The molecule has 0 aliphatic heterocycles. The van der Waals surface area contributed by atoms with E-state index in [-0.39, 0.29) is 6.04 Å². The zero-order valence-electron chi connectivity index (χ0n) is 11.6. The lowest BCUT2D eigenvalue weighted by atomic mass is 10.1. The van der Waals surface area contributed by atoms with Crippen molar-refractivity contribution in [3.8, 4) is 0 Å². The molecule has 0 amide bonds. The first-order valence-corrected chi connectivity index (χ1v) is 7.39. The fourth-order valence-electron chi connectivity index (χ4n) is 2.18. The molecule has 19 heavy (non-hydrogen) atoms. The van der Waals surface area contributed by atoms with Crippen molar-refractivity contribution in [2.24, 2.45) is 7.05 Å². The third-order valence-corrected chi connectivity index (χ3v) is 3.58. The second kappa shape index (κ2) is 6.34. The predicted molar refractivity (Wildman–Crippen MR) is 78.9 cm³/mol. The zero-order chi connectivity index (χ0) is 13.8. The number of aromatic nitrogens is 4. The fourth-order valence-corrected chi connectivity index (χ4v) is 2.70. The van der Waals surface area contributed by atoms with E-state index in [0.29, 0.717) is 0 Å². The molecule has 2 rings (SSSR count). The molecule has 0 saturated carbocycles. The zero-order valence-corrected chi connectivity index (χ0v) is 13.2. The SMILES string of the molecule is CCCn1ncc(Br)c1C(NCC)c1cn(C)cn1. The molecular weight excluding hydrogens is 306 g/mol. The van der Waals surface area contributed by atoms with Crippen LogP contribution in [0, 0.1) is 0 Å². The van der Waals surface area contributed by atoms with Crippen molar-refractivity contribution >= 4 is 15.9 Å². The van der Waals surface area contributed by atoms with Crippen LogP contribution in [0.5, 0.6) is 0 Å². The van der Waals surface area contributed by atoms with Gasteiger partial charge < -0.3 is 9.88 Å². The van der Waals surface area contributed by atoms with Crippen LogP contribution in [0.25, 0.3) is 0 Å². The molecule has 0 aliphatic carbocycles. The molecule has 1 N–H and O–H groups in total. The number of halogens is 1. The second-order valence-electron chi connectivity index (χ2n) is 4.56. The van der Waals surface area contributed by atoms with Gasteiger partial charge in [-0.15, -0.1) is 0 Å². The highest BCUT2D eigenvalue weighted by Crippen LogP contribution is 2.27. The van der Waals surface area contributed by atoms with E-state index in [0.717, 1.165) is 35.4 Å². The minimum atomic E-state index is 0.0645. The van der Waals surface area contributed by atoms with Gasteiger partial charge in [-0.2, -0.15) is 5.10 Å². The Balaban J connectivity index is 2.41. The van der Waals surface area contributed by atoms with Gasteiger partial charge in [-0.05, 0) is 28.9 Å². The largest absolute Gasteiger partial charge is 0.340 e. The van der Waals surface area contributed by atoms with Crippen molar-refractivity contribution in [3.63, 3.8) is 0 Å². The fraction of sp³-hybridized carbons (Fsp3) is 0.538. The Labute approximate surface area is 122 Å². The van der Waals surface area contributed by atoms with Crippen molar-refractivity contribution in [1.29, 1.82) is 0 Å². The predicted octanol–water partition coefficient (Wildman–Crippen LogP) is 2.49. The molecule has 0 spiro atoms. The van der Waals surface area contributed by atoms with E-state index >= 15 is 0 Å². The summed E-state index contributed by atoms with van der Waals surface area (Å²) < 4.78 is 5.04. The summed E-state index contributed by atoms with van der Waals surface area (Å²) >= 11 is 3.60. The Bertz CT molecular complexity index is 531. The van der Waals surface area contributed by atoms with Gasteiger partial charge in [0.2, 0.25) is 0 Å². The van der Waals surface area contributed by atoms with Gasteiger partial charge in [-0.1, -0.05) is 13.8 Å². The summed E-state index contributed by atoms with van der Waals surface area (Å²) in [7, 11) is 1.98. The van der Waals surface area contributed by atoms with Crippen molar-refractivity contribution < 1.29 is 0 Å². The third kappa shape index (κ3) is 3.06. The van der Waals surface area contributed by atoms with Crippen LogP contribution in [-0.4, -0.2) is 25.9 Å². The number of nitrogens with one attached hydrogen (secondary N) is 1. The van der Waals surface area contributed by atoms with Gasteiger partial charge in [0.15, 0.2) is 0 Å². The Kier molecular flexibility index (Phi) is 4.76.